The maximum Gasteiger partial charge on any atom is 0.250 e. The lowest BCUT2D eigenvalue weighted by Crippen LogP contribution is -2.11. The maximum absolute atomic E-state index is 11.2. The fourth-order valence-electron chi connectivity index (χ4n) is 1.82. The van der Waals surface area contributed by atoms with Crippen molar-refractivity contribution in [2.24, 2.45) is 5.73 Å². The highest BCUT2D eigenvalue weighted by Gasteiger charge is 2.14. The van der Waals surface area contributed by atoms with Gasteiger partial charge in [-0.15, -0.1) is 0 Å². The molecule has 0 aromatic carbocycles. The van der Waals surface area contributed by atoms with E-state index in [0.29, 0.717) is 11.3 Å². The zero-order chi connectivity index (χ0) is 14.3. The lowest BCUT2D eigenvalue weighted by atomic mass is 10.3. The Kier molecular flexibility index (Phi) is 2.31. The summed E-state index contributed by atoms with van der Waals surface area (Å²) in [6.07, 6.45) is 1.47. The quantitative estimate of drug-likeness (QED) is 0.662. The first kappa shape index (κ1) is 11.6. The second kappa shape index (κ2) is 4.00. The number of aromatic nitrogens is 4. The molecule has 1 amide bonds. The molecule has 0 aliphatic heterocycles. The van der Waals surface area contributed by atoms with Gasteiger partial charge in [0.15, 0.2) is 22.7 Å². The van der Waals surface area contributed by atoms with Crippen LogP contribution in [0.15, 0.2) is 18.3 Å². The van der Waals surface area contributed by atoms with Gasteiger partial charge in [-0.25, -0.2) is 15.0 Å². The highest BCUT2D eigenvalue weighted by atomic mass is 16.1. The molecule has 0 atom stereocenters. The SMILES string of the molecule is N#Cc1nc2nc3ccc(C(N)=O)cn3c2nc1C#N. The van der Waals surface area contributed by atoms with Crippen LogP contribution in [0.4, 0.5) is 0 Å². The van der Waals surface area contributed by atoms with Crippen molar-refractivity contribution in [1.82, 2.24) is 19.4 Å². The number of pyridine rings is 1. The number of hydrogen-bond donors (Lipinski definition) is 1. The number of fused-ring (bicyclic) bond motifs is 3. The van der Waals surface area contributed by atoms with E-state index in [0.717, 1.165) is 0 Å². The van der Waals surface area contributed by atoms with Gasteiger partial charge in [0.1, 0.15) is 17.8 Å². The smallest absolute Gasteiger partial charge is 0.250 e. The summed E-state index contributed by atoms with van der Waals surface area (Å²) in [6, 6.07) is 6.71. The summed E-state index contributed by atoms with van der Waals surface area (Å²) >= 11 is 0. The number of imidazole rings is 1. The third-order valence-corrected chi connectivity index (χ3v) is 2.73. The number of hydrogen-bond acceptors (Lipinski definition) is 6. The van der Waals surface area contributed by atoms with E-state index in [9.17, 15) is 4.79 Å². The summed E-state index contributed by atoms with van der Waals surface area (Å²) in [5.74, 6) is -0.587. The van der Waals surface area contributed by atoms with Gasteiger partial charge in [-0.3, -0.25) is 9.20 Å². The number of primary amides is 1. The standard InChI is InChI=1S/C12H5N7O/c13-3-7-8(4-14)17-12-11(16-7)18-9-2-1-6(10(15)20)5-19(9)12/h1-2,5H,(H2,15,20). The molecule has 3 aromatic heterocycles. The van der Waals surface area contributed by atoms with E-state index in [1.54, 1.807) is 18.2 Å². The fourth-order valence-corrected chi connectivity index (χ4v) is 1.82. The van der Waals surface area contributed by atoms with Gasteiger partial charge in [0.25, 0.3) is 0 Å². The van der Waals surface area contributed by atoms with E-state index in [4.69, 9.17) is 16.3 Å². The monoisotopic (exact) mass is 263 g/mol. The van der Waals surface area contributed by atoms with Gasteiger partial charge in [-0.05, 0) is 12.1 Å². The predicted molar refractivity (Wildman–Crippen MR) is 66.2 cm³/mol. The van der Waals surface area contributed by atoms with Crippen molar-refractivity contribution in [3.63, 3.8) is 0 Å². The third-order valence-electron chi connectivity index (χ3n) is 2.73. The van der Waals surface area contributed by atoms with Gasteiger partial charge in [0.2, 0.25) is 5.91 Å². The van der Waals surface area contributed by atoms with Gasteiger partial charge in [-0.1, -0.05) is 0 Å². The van der Waals surface area contributed by atoms with Crippen LogP contribution in [0.25, 0.3) is 16.9 Å². The summed E-state index contributed by atoms with van der Waals surface area (Å²) in [6.45, 7) is 0. The van der Waals surface area contributed by atoms with E-state index >= 15 is 0 Å². The largest absolute Gasteiger partial charge is 0.366 e. The summed E-state index contributed by atoms with van der Waals surface area (Å²) in [7, 11) is 0. The first-order valence-corrected chi connectivity index (χ1v) is 5.44. The number of rotatable bonds is 1. The van der Waals surface area contributed by atoms with Crippen molar-refractivity contribution in [2.75, 3.05) is 0 Å². The minimum Gasteiger partial charge on any atom is -0.366 e. The molecule has 3 rings (SSSR count). The molecule has 0 radical (unpaired) electrons. The Labute approximate surface area is 111 Å². The molecule has 0 aliphatic carbocycles. The Hall–Kier alpha value is -3.52. The van der Waals surface area contributed by atoms with E-state index in [-0.39, 0.29) is 22.6 Å². The number of nitrogens with zero attached hydrogens (tertiary/aromatic N) is 6. The Balaban J connectivity index is 2.44. The van der Waals surface area contributed by atoms with Crippen LogP contribution < -0.4 is 5.73 Å². The Morgan fingerprint density at radius 3 is 2.50 bits per heavy atom. The molecule has 3 heterocycles. The number of carbonyl (C=O) groups is 1. The number of amides is 1. The molecule has 0 unspecified atom stereocenters. The molecule has 0 saturated carbocycles. The molecule has 0 fully saturated rings. The lowest BCUT2D eigenvalue weighted by molar-refractivity contribution is 0.1000. The van der Waals surface area contributed by atoms with E-state index in [1.165, 1.54) is 16.7 Å². The summed E-state index contributed by atoms with van der Waals surface area (Å²) in [5, 5.41) is 17.9. The molecule has 0 aliphatic rings. The summed E-state index contributed by atoms with van der Waals surface area (Å²) in [4.78, 5) is 23.4. The first-order chi connectivity index (χ1) is 9.63. The molecule has 20 heavy (non-hydrogen) atoms. The molecule has 0 bridgehead atoms. The van der Waals surface area contributed by atoms with Crippen molar-refractivity contribution in [3.8, 4) is 12.1 Å². The fraction of sp³-hybridized carbons (Fsp3) is 0. The molecular formula is C12H5N7O. The zero-order valence-electron chi connectivity index (χ0n) is 9.90. The molecule has 94 valence electrons. The average Bonchev–Trinajstić information content (AvgIpc) is 2.82. The first-order valence-electron chi connectivity index (χ1n) is 5.44. The highest BCUT2D eigenvalue weighted by molar-refractivity contribution is 5.93. The average molecular weight is 263 g/mol. The van der Waals surface area contributed by atoms with Crippen molar-refractivity contribution in [3.05, 3.63) is 35.3 Å². The van der Waals surface area contributed by atoms with Crippen LogP contribution in [-0.4, -0.2) is 25.3 Å². The summed E-state index contributed by atoms with van der Waals surface area (Å²) < 4.78 is 1.50. The maximum atomic E-state index is 11.2. The number of nitriles is 2. The van der Waals surface area contributed by atoms with Crippen LogP contribution in [0.2, 0.25) is 0 Å². The van der Waals surface area contributed by atoms with Crippen LogP contribution in [0.3, 0.4) is 0 Å². The normalized spacial score (nSPS) is 10.3. The van der Waals surface area contributed by atoms with Crippen LogP contribution in [0.5, 0.6) is 0 Å². The highest BCUT2D eigenvalue weighted by Crippen LogP contribution is 2.16. The second-order valence-electron chi connectivity index (χ2n) is 3.91. The van der Waals surface area contributed by atoms with Gasteiger partial charge in [0.05, 0.1) is 5.56 Å². The molecule has 8 nitrogen and oxygen atoms in total. The van der Waals surface area contributed by atoms with E-state index < -0.39 is 5.91 Å². The lowest BCUT2D eigenvalue weighted by Gasteiger charge is -1.98. The number of nitrogens with two attached hydrogens (primary N) is 1. The van der Waals surface area contributed by atoms with E-state index in [2.05, 4.69) is 15.0 Å². The van der Waals surface area contributed by atoms with E-state index in [1.807, 2.05) is 0 Å². The molecule has 0 saturated heterocycles. The van der Waals surface area contributed by atoms with Gasteiger partial charge in [-0.2, -0.15) is 10.5 Å². The van der Waals surface area contributed by atoms with Crippen molar-refractivity contribution >= 4 is 22.8 Å². The van der Waals surface area contributed by atoms with Crippen LogP contribution in [0, 0.1) is 22.7 Å². The van der Waals surface area contributed by atoms with Gasteiger partial charge < -0.3 is 5.73 Å². The summed E-state index contributed by atoms with van der Waals surface area (Å²) in [5.41, 5.74) is 6.32. The Bertz CT molecular complexity index is 958. The van der Waals surface area contributed by atoms with Crippen LogP contribution >= 0.6 is 0 Å². The molecule has 2 N–H and O–H groups in total. The van der Waals surface area contributed by atoms with Gasteiger partial charge in [0, 0.05) is 6.20 Å². The minimum absolute atomic E-state index is 0.0847. The second-order valence-corrected chi connectivity index (χ2v) is 3.91. The van der Waals surface area contributed by atoms with Crippen molar-refractivity contribution in [1.29, 1.82) is 10.5 Å². The number of carbonyl (C=O) groups excluding carboxylic acids is 1. The van der Waals surface area contributed by atoms with Gasteiger partial charge >= 0.3 is 0 Å². The molecular weight excluding hydrogens is 258 g/mol. The molecule has 3 aromatic rings. The molecule has 0 spiro atoms. The Morgan fingerprint density at radius 2 is 1.85 bits per heavy atom. The Morgan fingerprint density at radius 1 is 1.15 bits per heavy atom. The minimum atomic E-state index is -0.587. The van der Waals surface area contributed by atoms with Crippen molar-refractivity contribution in [2.45, 2.75) is 0 Å². The van der Waals surface area contributed by atoms with Crippen LogP contribution in [-0.2, 0) is 0 Å². The van der Waals surface area contributed by atoms with Crippen molar-refractivity contribution < 1.29 is 4.79 Å². The third kappa shape index (κ3) is 1.53. The predicted octanol–water partition coefficient (Wildman–Crippen LogP) is 0.120. The van der Waals surface area contributed by atoms with Crippen LogP contribution in [0.1, 0.15) is 21.7 Å². The topological polar surface area (TPSA) is 134 Å². The zero-order valence-corrected chi connectivity index (χ0v) is 9.90. The molecule has 8 heteroatoms.